The van der Waals surface area contributed by atoms with Gasteiger partial charge in [-0.15, -0.1) is 0 Å². The fourth-order valence-electron chi connectivity index (χ4n) is 4.01. The Morgan fingerprint density at radius 2 is 1.89 bits per heavy atom. The molecule has 14 heteroatoms. The minimum Gasteiger partial charge on any atom is -0.495 e. The first-order valence-corrected chi connectivity index (χ1v) is 13.7. The van der Waals surface area contributed by atoms with Crippen molar-refractivity contribution in [2.45, 2.75) is 64.6 Å². The molecule has 2 rings (SSSR count). The lowest BCUT2D eigenvalue weighted by Gasteiger charge is -2.32. The average Bonchev–Trinajstić information content (AvgIpc) is 2.80. The van der Waals surface area contributed by atoms with E-state index in [4.69, 9.17) is 4.74 Å². The smallest absolute Gasteiger partial charge is 0.403 e. The van der Waals surface area contributed by atoms with E-state index >= 15 is 0 Å². The predicted molar refractivity (Wildman–Crippen MR) is 138 cm³/mol. The first-order valence-electron chi connectivity index (χ1n) is 11.8. The Morgan fingerprint density at radius 3 is 2.41 bits per heavy atom. The largest absolute Gasteiger partial charge is 0.495 e. The summed E-state index contributed by atoms with van der Waals surface area (Å²) in [7, 11) is -0.690. The Kier molecular flexibility index (Phi) is 10.3. The van der Waals surface area contributed by atoms with Gasteiger partial charge in [0.1, 0.15) is 17.5 Å². The van der Waals surface area contributed by atoms with E-state index in [1.807, 2.05) is 6.92 Å². The molecular weight excluding hydrogens is 513 g/mol. The number of sulfonamides is 1. The summed E-state index contributed by atoms with van der Waals surface area (Å²) in [6.45, 7) is 5.32. The molecule has 1 aliphatic heterocycles. The number of hydrogen-bond donors (Lipinski definition) is 4. The summed E-state index contributed by atoms with van der Waals surface area (Å²) in [4.78, 5) is 20.3. The van der Waals surface area contributed by atoms with E-state index in [1.54, 1.807) is 19.9 Å². The first-order chi connectivity index (χ1) is 17.2. The summed E-state index contributed by atoms with van der Waals surface area (Å²) in [5, 5.41) is 8.35. The number of nitrogens with zero attached hydrogens (tertiary/aromatic N) is 2. The second kappa shape index (κ2) is 12.6. The third-order valence-corrected chi connectivity index (χ3v) is 6.54. The summed E-state index contributed by atoms with van der Waals surface area (Å²) >= 11 is 0. The monoisotopic (exact) mass is 548 g/mol. The van der Waals surface area contributed by atoms with Crippen LogP contribution < -0.4 is 25.4 Å². The van der Waals surface area contributed by atoms with Gasteiger partial charge in [-0.1, -0.05) is 20.3 Å². The number of amides is 1. The molecule has 0 saturated heterocycles. The number of amidine groups is 1. The molecule has 4 N–H and O–H groups in total. The van der Waals surface area contributed by atoms with Crippen LogP contribution in [0.2, 0.25) is 0 Å². The van der Waals surface area contributed by atoms with E-state index in [9.17, 15) is 26.4 Å². The van der Waals surface area contributed by atoms with Crippen molar-refractivity contribution in [2.75, 3.05) is 25.7 Å². The zero-order valence-electron chi connectivity index (χ0n) is 21.7. The standard InChI is InChI=1S/C23H35F3N6O4S/c1-7-9-17(16(8-2)32-37(6,34)35)29-20-15(23(24,25)26)12-28-22(31-20)30-18-10-13(3)14(21(33)27-4)11-19(18)36-5/h10-12,15-17,22,30,32H,7-9H2,1-6H3,(H,27,33)(H,29,31). The normalized spacial score (nSPS) is 19.5. The Hall–Kier alpha value is -2.87. The molecule has 1 aromatic carbocycles. The highest BCUT2D eigenvalue weighted by atomic mass is 32.2. The van der Waals surface area contributed by atoms with Gasteiger partial charge in [0.15, 0.2) is 0 Å². The van der Waals surface area contributed by atoms with Crippen molar-refractivity contribution in [2.24, 2.45) is 15.9 Å². The van der Waals surface area contributed by atoms with E-state index in [-0.39, 0.29) is 17.5 Å². The number of benzene rings is 1. The van der Waals surface area contributed by atoms with E-state index in [0.717, 1.165) is 12.5 Å². The molecule has 0 spiro atoms. The molecule has 0 aromatic heterocycles. The maximum atomic E-state index is 13.9. The van der Waals surface area contributed by atoms with E-state index in [2.05, 4.69) is 30.7 Å². The molecule has 4 atom stereocenters. The Labute approximate surface area is 215 Å². The second-order valence-electron chi connectivity index (χ2n) is 8.74. The van der Waals surface area contributed by atoms with Gasteiger partial charge in [-0.05, 0) is 37.5 Å². The lowest BCUT2D eigenvalue weighted by molar-refractivity contribution is -0.139. The van der Waals surface area contributed by atoms with Crippen LogP contribution in [0.5, 0.6) is 5.75 Å². The molecular formula is C23H35F3N6O4S. The molecule has 37 heavy (non-hydrogen) atoms. The third kappa shape index (κ3) is 8.32. The Bertz CT molecular complexity index is 1120. The van der Waals surface area contributed by atoms with Crippen LogP contribution in [0.25, 0.3) is 0 Å². The molecule has 0 radical (unpaired) electrons. The van der Waals surface area contributed by atoms with Crippen molar-refractivity contribution in [3.8, 4) is 5.75 Å². The van der Waals surface area contributed by atoms with Crippen LogP contribution in [0, 0.1) is 12.8 Å². The zero-order valence-corrected chi connectivity index (χ0v) is 22.5. The number of hydrogen-bond acceptors (Lipinski definition) is 8. The molecule has 0 saturated carbocycles. The summed E-state index contributed by atoms with van der Waals surface area (Å²) in [6.07, 6.45) is -2.62. The number of aryl methyl sites for hydroxylation is 1. The van der Waals surface area contributed by atoms with Gasteiger partial charge in [0.05, 0.1) is 19.1 Å². The Balaban J connectivity index is 2.42. The maximum Gasteiger partial charge on any atom is 0.403 e. The highest BCUT2D eigenvalue weighted by molar-refractivity contribution is 7.88. The predicted octanol–water partition coefficient (Wildman–Crippen LogP) is 2.81. The number of nitrogens with one attached hydrogen (secondary N) is 4. The fourth-order valence-corrected chi connectivity index (χ4v) is 4.89. The van der Waals surface area contributed by atoms with E-state index < -0.39 is 40.5 Å². The molecule has 0 fully saturated rings. The molecule has 208 valence electrons. The van der Waals surface area contributed by atoms with Crippen LogP contribution in [0.4, 0.5) is 18.9 Å². The van der Waals surface area contributed by atoms with Crippen LogP contribution in [-0.2, 0) is 10.0 Å². The highest BCUT2D eigenvalue weighted by Gasteiger charge is 2.45. The van der Waals surface area contributed by atoms with Gasteiger partial charge in [0.2, 0.25) is 16.3 Å². The minimum atomic E-state index is -4.66. The summed E-state index contributed by atoms with van der Waals surface area (Å²) in [6, 6.07) is 1.87. The Morgan fingerprint density at radius 1 is 1.22 bits per heavy atom. The van der Waals surface area contributed by atoms with Crippen molar-refractivity contribution in [3.63, 3.8) is 0 Å². The second-order valence-corrected chi connectivity index (χ2v) is 10.5. The molecule has 1 amide bonds. The molecule has 10 nitrogen and oxygen atoms in total. The summed E-state index contributed by atoms with van der Waals surface area (Å²) < 4.78 is 73.1. The van der Waals surface area contributed by atoms with Crippen molar-refractivity contribution < 1.29 is 31.1 Å². The number of halogens is 3. The molecule has 1 aromatic rings. The number of alkyl halides is 3. The van der Waals surface area contributed by atoms with Gasteiger partial charge in [-0.2, -0.15) is 13.2 Å². The quantitative estimate of drug-likeness (QED) is 0.336. The van der Waals surface area contributed by atoms with E-state index in [1.165, 1.54) is 20.2 Å². The van der Waals surface area contributed by atoms with Crippen molar-refractivity contribution in [1.82, 2.24) is 15.4 Å². The third-order valence-electron chi connectivity index (χ3n) is 5.81. The first kappa shape index (κ1) is 30.4. The molecule has 1 heterocycles. The van der Waals surface area contributed by atoms with Crippen molar-refractivity contribution in [1.29, 1.82) is 0 Å². The highest BCUT2D eigenvalue weighted by Crippen LogP contribution is 2.32. The molecule has 4 unspecified atom stereocenters. The number of carbonyl (C=O) groups excluding carboxylic acids is 1. The van der Waals surface area contributed by atoms with Gasteiger partial charge in [0, 0.05) is 30.9 Å². The van der Waals surface area contributed by atoms with Crippen LogP contribution in [0.15, 0.2) is 22.1 Å². The number of ether oxygens (including phenoxy) is 1. The lowest BCUT2D eigenvalue weighted by atomic mass is 9.99. The minimum absolute atomic E-state index is 0.286. The summed E-state index contributed by atoms with van der Waals surface area (Å²) in [5.41, 5.74) is 1.38. The average molecular weight is 549 g/mol. The summed E-state index contributed by atoms with van der Waals surface area (Å²) in [5.74, 6) is -2.48. The molecule has 0 bridgehead atoms. The fraction of sp³-hybridized carbons (Fsp3) is 0.609. The molecule has 1 aliphatic rings. The lowest BCUT2D eigenvalue weighted by Crippen LogP contribution is -2.55. The molecule has 0 aliphatic carbocycles. The van der Waals surface area contributed by atoms with Crippen molar-refractivity contribution in [3.05, 3.63) is 23.3 Å². The zero-order chi connectivity index (χ0) is 28.0. The number of methoxy groups -OCH3 is 1. The van der Waals surface area contributed by atoms with Gasteiger partial charge in [0.25, 0.3) is 5.91 Å². The van der Waals surface area contributed by atoms with Crippen LogP contribution in [-0.4, -0.2) is 71.3 Å². The van der Waals surface area contributed by atoms with Crippen LogP contribution >= 0.6 is 0 Å². The topological polar surface area (TPSA) is 133 Å². The van der Waals surface area contributed by atoms with E-state index in [0.29, 0.717) is 36.1 Å². The number of rotatable bonds is 11. The van der Waals surface area contributed by atoms with Crippen molar-refractivity contribution >= 4 is 33.7 Å². The number of aliphatic imine (C=N–C) groups is 2. The van der Waals surface area contributed by atoms with Crippen LogP contribution in [0.3, 0.4) is 0 Å². The number of carbonyl (C=O) groups is 1. The van der Waals surface area contributed by atoms with Gasteiger partial charge in [-0.3, -0.25) is 4.79 Å². The maximum absolute atomic E-state index is 13.9. The SMILES string of the molecule is CCCC(NC1=NC(Nc2cc(C)c(C(=O)NC)cc2OC)N=CC1C(F)(F)F)C(CC)NS(C)(=O)=O. The van der Waals surface area contributed by atoms with Crippen LogP contribution in [0.1, 0.15) is 49.0 Å². The van der Waals surface area contributed by atoms with Gasteiger partial charge >= 0.3 is 6.18 Å². The van der Waals surface area contributed by atoms with Gasteiger partial charge in [-0.25, -0.2) is 23.1 Å². The number of anilines is 1. The van der Waals surface area contributed by atoms with Gasteiger partial charge < -0.3 is 20.7 Å².